The number of thioether (sulfide) groups is 1. The summed E-state index contributed by atoms with van der Waals surface area (Å²) in [6.07, 6.45) is 5.35. The van der Waals surface area contributed by atoms with Crippen LogP contribution in [0.5, 0.6) is 23.0 Å². The third-order valence-electron chi connectivity index (χ3n) is 11.7. The second kappa shape index (κ2) is 22.9. The van der Waals surface area contributed by atoms with E-state index in [4.69, 9.17) is 33.9 Å². The molecule has 0 bridgehead atoms. The van der Waals surface area contributed by atoms with Gasteiger partial charge in [-0.15, -0.1) is 10.2 Å². The van der Waals surface area contributed by atoms with Crippen molar-refractivity contribution >= 4 is 154 Å². The van der Waals surface area contributed by atoms with Gasteiger partial charge in [-0.05, 0) is 75.7 Å². The molecule has 1 fully saturated rings. The highest BCUT2D eigenvalue weighted by molar-refractivity contribution is 7.99. The number of hydrazine groups is 1. The van der Waals surface area contributed by atoms with Gasteiger partial charge in [0, 0.05) is 43.6 Å². The van der Waals surface area contributed by atoms with Gasteiger partial charge in [-0.1, -0.05) is 53.7 Å². The van der Waals surface area contributed by atoms with Crippen molar-refractivity contribution in [3.05, 3.63) is 24.3 Å². The third-order valence-corrected chi connectivity index (χ3v) is 19.4. The first kappa shape index (κ1) is 53.7. The minimum Gasteiger partial charge on any atom is -0.495 e. The van der Waals surface area contributed by atoms with E-state index >= 15 is 0 Å². The van der Waals surface area contributed by atoms with Gasteiger partial charge in [-0.2, -0.15) is 40.5 Å². The number of hydrogen-bond donors (Lipinski definition) is 6. The number of rotatable bonds is 23. The van der Waals surface area contributed by atoms with E-state index in [1.165, 1.54) is 14.2 Å². The number of fused-ring (bicyclic) bond motifs is 2. The number of benzene rings is 2. The second-order valence-electron chi connectivity index (χ2n) is 16.0. The molecular weight excluding hydrogens is 1080 g/mol. The molecule has 0 amide bonds. The van der Waals surface area contributed by atoms with Crippen LogP contribution in [0.2, 0.25) is 0 Å². The highest BCUT2D eigenvalue weighted by Gasteiger charge is 2.30. The number of aromatic nitrogens is 5. The zero-order chi connectivity index (χ0) is 52.2. The van der Waals surface area contributed by atoms with Gasteiger partial charge < -0.3 is 39.4 Å². The molecule has 0 saturated heterocycles. The van der Waals surface area contributed by atoms with Gasteiger partial charge in [-0.3, -0.25) is 20.0 Å². The van der Waals surface area contributed by atoms with Crippen LogP contribution >= 0.6 is 57.5 Å². The van der Waals surface area contributed by atoms with Gasteiger partial charge in [-0.25, -0.2) is 0 Å². The summed E-state index contributed by atoms with van der Waals surface area (Å²) in [6.45, 7) is 10.8. The molecule has 0 spiro atoms. The SMILES string of the molecule is CCN(CC)c1cc(Nc2nc(Nc3cc(N(CC)CC)c(OC)cc3NNc3snc4sc(S(=O)(=O)O)c(OC)c34)nc(SC3CCCCC3)n2)c(N=Nc2snc3sc(S(=O)(=O)O)c(OC)c23)cc1OC. The van der Waals surface area contributed by atoms with Crippen LogP contribution in [0.1, 0.15) is 59.8 Å². The van der Waals surface area contributed by atoms with Gasteiger partial charge in [0.15, 0.2) is 30.1 Å². The van der Waals surface area contributed by atoms with Crippen molar-refractivity contribution in [3.63, 3.8) is 0 Å². The van der Waals surface area contributed by atoms with Gasteiger partial charge in [0.1, 0.15) is 31.8 Å². The Balaban J connectivity index is 1.23. The summed E-state index contributed by atoms with van der Waals surface area (Å²) < 4.78 is 99.6. The Kier molecular flexibility index (Phi) is 16.8. The number of thiophene rings is 2. The Bertz CT molecular complexity index is 3370. The Labute approximate surface area is 441 Å². The quantitative estimate of drug-likeness (QED) is 0.0197. The summed E-state index contributed by atoms with van der Waals surface area (Å²) in [5.74, 6) is 1.32. The molecule has 1 saturated carbocycles. The molecule has 7 aromatic rings. The van der Waals surface area contributed by atoms with Crippen molar-refractivity contribution in [2.24, 2.45) is 10.2 Å². The Morgan fingerprint density at radius 3 is 1.75 bits per heavy atom. The van der Waals surface area contributed by atoms with Crippen molar-refractivity contribution < 1.29 is 44.9 Å². The fraction of sp³-hybridized carbons (Fsp3) is 0.419. The lowest BCUT2D eigenvalue weighted by Crippen LogP contribution is -2.23. The molecule has 23 nitrogen and oxygen atoms in total. The van der Waals surface area contributed by atoms with Crippen LogP contribution in [-0.4, -0.2) is 110 Å². The standard InChI is InChI=1S/C43H53N13O10S7/c1-9-55(10-2)27-18-23(25(20-29(27)63-5)49-51-35-31-33(65-7)39(72(57,58)59)68-37(31)53-70-35)44-41-46-42(48-43(47-41)67-22-16-14-13-15-17-22)45-24-19-28(56(11-3)12-4)30(64-6)21-26(24)50-52-36-32-34(66-8)40(73(60,61)62)69-38(32)54-71-36/h18-22,49,51H,9-17H2,1-8H3,(H,57,58,59)(H,60,61,62)(H2,44,45,46,47,48). The maximum absolute atomic E-state index is 12.3. The van der Waals surface area contributed by atoms with E-state index in [1.807, 2.05) is 45.9 Å². The molecular formula is C43H53N13O10S7. The van der Waals surface area contributed by atoms with E-state index in [2.05, 4.69) is 50.3 Å². The molecule has 1 aliphatic rings. The average molecular weight is 1140 g/mol. The molecule has 5 heterocycles. The van der Waals surface area contributed by atoms with E-state index in [1.54, 1.807) is 32.0 Å². The Morgan fingerprint density at radius 2 is 1.19 bits per heavy atom. The topological polar surface area (TPSA) is 289 Å². The van der Waals surface area contributed by atoms with E-state index in [0.717, 1.165) is 89.2 Å². The summed E-state index contributed by atoms with van der Waals surface area (Å²) in [5, 5.41) is 18.1. The predicted octanol–water partition coefficient (Wildman–Crippen LogP) is 11.2. The number of anilines is 8. The first-order valence-corrected chi connectivity index (χ1v) is 29.7. The van der Waals surface area contributed by atoms with Gasteiger partial charge in [0.2, 0.25) is 11.9 Å². The van der Waals surface area contributed by atoms with Crippen molar-refractivity contribution in [1.82, 2.24) is 23.7 Å². The van der Waals surface area contributed by atoms with Crippen molar-refractivity contribution in [1.29, 1.82) is 0 Å². The first-order valence-electron chi connectivity index (χ1n) is 22.8. The fourth-order valence-corrected chi connectivity index (χ4v) is 14.9. The number of ether oxygens (including phenoxy) is 4. The van der Waals surface area contributed by atoms with Gasteiger partial charge in [0.05, 0.1) is 67.6 Å². The second-order valence-corrected chi connectivity index (χ2v) is 24.0. The number of nitrogens with one attached hydrogen (secondary N) is 4. The molecule has 1 aliphatic carbocycles. The lowest BCUT2D eigenvalue weighted by atomic mass is 10.0. The molecule has 2 aromatic carbocycles. The average Bonchev–Trinajstić information content (AvgIpc) is 4.16. The highest BCUT2D eigenvalue weighted by Crippen LogP contribution is 2.49. The van der Waals surface area contributed by atoms with Crippen molar-refractivity contribution in [2.75, 3.05) is 85.9 Å². The molecule has 6 N–H and O–H groups in total. The van der Waals surface area contributed by atoms with Gasteiger partial charge in [0.25, 0.3) is 0 Å². The largest absolute Gasteiger partial charge is 0.495 e. The molecule has 8 rings (SSSR count). The van der Waals surface area contributed by atoms with E-state index in [9.17, 15) is 25.9 Å². The fourth-order valence-electron chi connectivity index (χ4n) is 8.20. The number of methoxy groups -OCH3 is 4. The normalized spacial score (nSPS) is 13.5. The molecule has 0 unspecified atom stereocenters. The number of azo groups is 1. The van der Waals surface area contributed by atoms with Crippen molar-refractivity contribution in [2.45, 2.75) is 78.6 Å². The minimum atomic E-state index is -4.62. The lowest BCUT2D eigenvalue weighted by molar-refractivity contribution is 0.406. The summed E-state index contributed by atoms with van der Waals surface area (Å²) >= 11 is 5.20. The van der Waals surface area contributed by atoms with Crippen LogP contribution in [0.25, 0.3) is 20.4 Å². The van der Waals surface area contributed by atoms with Crippen molar-refractivity contribution in [3.8, 4) is 23.0 Å². The van der Waals surface area contributed by atoms with Gasteiger partial charge >= 0.3 is 20.2 Å². The number of nitrogens with zero attached hydrogens (tertiary/aromatic N) is 9. The summed E-state index contributed by atoms with van der Waals surface area (Å²) in [7, 11) is -3.45. The van der Waals surface area contributed by atoms with Crippen LogP contribution in [0.15, 0.2) is 48.1 Å². The molecule has 30 heteroatoms. The lowest BCUT2D eigenvalue weighted by Gasteiger charge is -2.26. The molecule has 73 heavy (non-hydrogen) atoms. The van der Waals surface area contributed by atoms with Crippen LogP contribution in [-0.2, 0) is 20.2 Å². The Hall–Kier alpha value is -5.60. The molecule has 0 aliphatic heterocycles. The van der Waals surface area contributed by atoms with Crippen LogP contribution in [0, 0.1) is 0 Å². The molecule has 392 valence electrons. The summed E-state index contributed by atoms with van der Waals surface area (Å²) in [5.41, 5.74) is 9.74. The first-order chi connectivity index (χ1) is 35.0. The maximum atomic E-state index is 12.3. The van der Waals surface area contributed by atoms with E-state index in [0.29, 0.717) is 85.6 Å². The zero-order valence-electron chi connectivity index (χ0n) is 40.8. The third kappa shape index (κ3) is 11.6. The maximum Gasteiger partial charge on any atom is 0.307 e. The Morgan fingerprint density at radius 1 is 0.658 bits per heavy atom. The monoisotopic (exact) mass is 1140 g/mol. The minimum absolute atomic E-state index is 0.0370. The van der Waals surface area contributed by atoms with Crippen LogP contribution < -0.4 is 50.2 Å². The van der Waals surface area contributed by atoms with E-state index in [-0.39, 0.29) is 47.5 Å². The molecule has 0 radical (unpaired) electrons. The summed E-state index contributed by atoms with van der Waals surface area (Å²) in [6, 6.07) is 7.33. The molecule has 5 aromatic heterocycles. The highest BCUT2D eigenvalue weighted by atomic mass is 32.3. The molecule has 0 atom stereocenters. The predicted molar refractivity (Wildman–Crippen MR) is 291 cm³/mol. The van der Waals surface area contributed by atoms with Crippen LogP contribution in [0.4, 0.5) is 56.0 Å². The summed E-state index contributed by atoms with van der Waals surface area (Å²) in [4.78, 5) is 19.8. The van der Waals surface area contributed by atoms with E-state index < -0.39 is 20.2 Å². The van der Waals surface area contributed by atoms with Crippen LogP contribution in [0.3, 0.4) is 0 Å². The smallest absolute Gasteiger partial charge is 0.307 e. The zero-order valence-corrected chi connectivity index (χ0v) is 46.5. The number of hydrogen-bond acceptors (Lipinski definition) is 26.